The summed E-state index contributed by atoms with van der Waals surface area (Å²) < 4.78 is 27.4. The van der Waals surface area contributed by atoms with Gasteiger partial charge in [0, 0.05) is 12.3 Å². The lowest BCUT2D eigenvalue weighted by molar-refractivity contribution is -0.388. The van der Waals surface area contributed by atoms with Crippen LogP contribution in [-0.2, 0) is 0 Å². The zero-order valence-electron chi connectivity index (χ0n) is 9.14. The standard InChI is InChI=1S/C11H5BrF2N2O2S/c12-6-2-1-5-15-11(6)19-10-8(16(17)18)4-3-7(13)9(10)14/h1-5H. The fourth-order valence-electron chi connectivity index (χ4n) is 1.31. The van der Waals surface area contributed by atoms with Crippen LogP contribution in [0.4, 0.5) is 14.5 Å². The molecule has 4 nitrogen and oxygen atoms in total. The number of hydrogen-bond donors (Lipinski definition) is 0. The van der Waals surface area contributed by atoms with Gasteiger partial charge in [-0.15, -0.1) is 0 Å². The van der Waals surface area contributed by atoms with Crippen LogP contribution in [0.25, 0.3) is 0 Å². The Bertz CT molecular complexity index is 655. The van der Waals surface area contributed by atoms with E-state index in [0.29, 0.717) is 21.3 Å². The van der Waals surface area contributed by atoms with Crippen molar-refractivity contribution in [3.05, 3.63) is 56.7 Å². The van der Waals surface area contributed by atoms with Gasteiger partial charge in [-0.2, -0.15) is 0 Å². The third-order valence-electron chi connectivity index (χ3n) is 2.15. The first-order chi connectivity index (χ1) is 9.00. The average molecular weight is 347 g/mol. The molecule has 0 N–H and O–H groups in total. The SMILES string of the molecule is O=[N+]([O-])c1ccc(F)c(F)c1Sc1ncccc1Br. The quantitative estimate of drug-likeness (QED) is 0.617. The zero-order chi connectivity index (χ0) is 14.0. The van der Waals surface area contributed by atoms with Crippen LogP contribution in [-0.4, -0.2) is 9.91 Å². The lowest BCUT2D eigenvalue weighted by Crippen LogP contribution is -1.97. The van der Waals surface area contributed by atoms with E-state index in [1.54, 1.807) is 12.1 Å². The Hall–Kier alpha value is -1.54. The predicted molar refractivity (Wildman–Crippen MR) is 69.1 cm³/mol. The number of halogens is 3. The van der Waals surface area contributed by atoms with E-state index < -0.39 is 27.1 Å². The molecule has 19 heavy (non-hydrogen) atoms. The number of hydrogen-bond acceptors (Lipinski definition) is 4. The predicted octanol–water partition coefficient (Wildman–Crippen LogP) is 4.18. The lowest BCUT2D eigenvalue weighted by atomic mass is 10.3. The second-order valence-corrected chi connectivity index (χ2v) is 5.21. The number of rotatable bonds is 3. The van der Waals surface area contributed by atoms with Crippen LogP contribution in [0.15, 0.2) is 44.9 Å². The Labute approximate surface area is 119 Å². The summed E-state index contributed by atoms with van der Waals surface area (Å²) in [5, 5.41) is 11.1. The minimum atomic E-state index is -1.25. The Morgan fingerprint density at radius 1 is 1.32 bits per heavy atom. The van der Waals surface area contributed by atoms with Crippen LogP contribution in [0.1, 0.15) is 0 Å². The van der Waals surface area contributed by atoms with Gasteiger partial charge in [-0.1, -0.05) is 11.8 Å². The molecule has 2 aromatic rings. The van der Waals surface area contributed by atoms with Gasteiger partial charge in [-0.25, -0.2) is 13.8 Å². The minimum absolute atomic E-state index is 0.315. The van der Waals surface area contributed by atoms with Crippen LogP contribution in [0, 0.1) is 21.7 Å². The molecule has 0 aliphatic rings. The summed E-state index contributed by atoms with van der Waals surface area (Å²) in [5.41, 5.74) is -0.499. The van der Waals surface area contributed by atoms with Gasteiger partial charge < -0.3 is 0 Å². The maximum Gasteiger partial charge on any atom is 0.286 e. The van der Waals surface area contributed by atoms with Gasteiger partial charge in [-0.3, -0.25) is 10.1 Å². The van der Waals surface area contributed by atoms with Gasteiger partial charge in [0.05, 0.1) is 9.40 Å². The van der Waals surface area contributed by atoms with Gasteiger partial charge in [0.1, 0.15) is 9.92 Å². The number of nitrogens with zero attached hydrogens (tertiary/aromatic N) is 2. The normalized spacial score (nSPS) is 10.5. The van der Waals surface area contributed by atoms with E-state index in [2.05, 4.69) is 20.9 Å². The number of pyridine rings is 1. The molecule has 1 aromatic carbocycles. The summed E-state index contributed by atoms with van der Waals surface area (Å²) in [4.78, 5) is 13.6. The molecule has 0 atom stereocenters. The van der Waals surface area contributed by atoms with Crippen molar-refractivity contribution in [2.45, 2.75) is 9.92 Å². The third-order valence-corrected chi connectivity index (χ3v) is 4.16. The van der Waals surface area contributed by atoms with E-state index >= 15 is 0 Å². The molecule has 0 unspecified atom stereocenters. The fourth-order valence-corrected chi connectivity index (χ4v) is 2.71. The van der Waals surface area contributed by atoms with Crippen molar-refractivity contribution in [3.63, 3.8) is 0 Å². The molecule has 98 valence electrons. The highest BCUT2D eigenvalue weighted by Crippen LogP contribution is 2.39. The molecule has 0 amide bonds. The maximum absolute atomic E-state index is 13.7. The van der Waals surface area contributed by atoms with E-state index in [4.69, 9.17) is 0 Å². The smallest absolute Gasteiger partial charge is 0.258 e. The molecule has 0 fully saturated rings. The summed E-state index contributed by atoms with van der Waals surface area (Å²) in [6, 6.07) is 4.95. The Balaban J connectivity index is 2.53. The maximum atomic E-state index is 13.7. The van der Waals surface area contributed by atoms with Crippen molar-refractivity contribution in [1.29, 1.82) is 0 Å². The van der Waals surface area contributed by atoms with E-state index in [1.807, 2.05) is 0 Å². The topological polar surface area (TPSA) is 56.0 Å². The molecule has 8 heteroatoms. The van der Waals surface area contributed by atoms with Crippen LogP contribution in [0.2, 0.25) is 0 Å². The van der Waals surface area contributed by atoms with Crippen LogP contribution in [0.5, 0.6) is 0 Å². The second-order valence-electron chi connectivity index (χ2n) is 3.36. The lowest BCUT2D eigenvalue weighted by Gasteiger charge is -2.05. The van der Waals surface area contributed by atoms with Crippen molar-refractivity contribution in [1.82, 2.24) is 4.98 Å². The summed E-state index contributed by atoms with van der Waals surface area (Å²) in [7, 11) is 0. The number of benzene rings is 1. The average Bonchev–Trinajstić information content (AvgIpc) is 2.37. The summed E-state index contributed by atoms with van der Waals surface area (Å²) in [6.07, 6.45) is 1.45. The van der Waals surface area contributed by atoms with Crippen molar-refractivity contribution in [3.8, 4) is 0 Å². The van der Waals surface area contributed by atoms with Gasteiger partial charge in [0.15, 0.2) is 11.6 Å². The van der Waals surface area contributed by atoms with Gasteiger partial charge in [0.2, 0.25) is 0 Å². The molecule has 0 saturated carbocycles. The first-order valence-corrected chi connectivity index (χ1v) is 6.52. The van der Waals surface area contributed by atoms with Crippen molar-refractivity contribution in [2.75, 3.05) is 0 Å². The molecule has 0 aliphatic heterocycles. The number of aromatic nitrogens is 1. The molecular formula is C11H5BrF2N2O2S. The van der Waals surface area contributed by atoms with E-state index in [9.17, 15) is 18.9 Å². The van der Waals surface area contributed by atoms with E-state index in [1.165, 1.54) is 6.20 Å². The number of nitro groups is 1. The monoisotopic (exact) mass is 346 g/mol. The number of nitro benzene ring substituents is 1. The van der Waals surface area contributed by atoms with Crippen molar-refractivity contribution in [2.24, 2.45) is 0 Å². The second kappa shape index (κ2) is 5.62. The van der Waals surface area contributed by atoms with Crippen LogP contribution in [0.3, 0.4) is 0 Å². The van der Waals surface area contributed by atoms with Gasteiger partial charge >= 0.3 is 0 Å². The molecule has 0 radical (unpaired) electrons. The van der Waals surface area contributed by atoms with E-state index in [0.717, 1.165) is 12.1 Å². The fraction of sp³-hybridized carbons (Fsp3) is 0. The first kappa shape index (κ1) is 13.9. The Kier molecular flexibility index (Phi) is 4.11. The molecule has 2 rings (SSSR count). The molecular weight excluding hydrogens is 342 g/mol. The molecule has 0 saturated heterocycles. The highest BCUT2D eigenvalue weighted by Gasteiger charge is 2.23. The highest BCUT2D eigenvalue weighted by atomic mass is 79.9. The van der Waals surface area contributed by atoms with Crippen molar-refractivity contribution >= 4 is 33.4 Å². The van der Waals surface area contributed by atoms with Gasteiger partial charge in [-0.05, 0) is 34.1 Å². The molecule has 0 aliphatic carbocycles. The molecule has 0 bridgehead atoms. The first-order valence-electron chi connectivity index (χ1n) is 4.91. The third kappa shape index (κ3) is 2.90. The largest absolute Gasteiger partial charge is 0.286 e. The molecule has 0 spiro atoms. The van der Waals surface area contributed by atoms with Crippen LogP contribution >= 0.6 is 27.7 Å². The summed E-state index contributed by atoms with van der Waals surface area (Å²) in [5.74, 6) is -2.39. The van der Waals surface area contributed by atoms with E-state index in [-0.39, 0.29) is 0 Å². The minimum Gasteiger partial charge on any atom is -0.258 e. The van der Waals surface area contributed by atoms with Crippen LogP contribution < -0.4 is 0 Å². The summed E-state index contributed by atoms with van der Waals surface area (Å²) >= 11 is 3.88. The summed E-state index contributed by atoms with van der Waals surface area (Å²) in [6.45, 7) is 0. The Morgan fingerprint density at radius 2 is 2.05 bits per heavy atom. The zero-order valence-corrected chi connectivity index (χ0v) is 11.5. The Morgan fingerprint density at radius 3 is 2.68 bits per heavy atom. The molecule has 1 aromatic heterocycles. The highest BCUT2D eigenvalue weighted by molar-refractivity contribution is 9.10. The van der Waals surface area contributed by atoms with Gasteiger partial charge in [0.25, 0.3) is 5.69 Å². The molecule has 1 heterocycles. The van der Waals surface area contributed by atoms with Crippen molar-refractivity contribution < 1.29 is 13.7 Å².